The van der Waals surface area contributed by atoms with Crippen molar-refractivity contribution in [1.29, 1.82) is 0 Å². The average molecular weight is 403 g/mol. The molecule has 1 N–H and O–H groups in total. The van der Waals surface area contributed by atoms with E-state index >= 15 is 0 Å². The molecule has 0 spiro atoms. The molecule has 0 bridgehead atoms. The highest BCUT2D eigenvalue weighted by Crippen LogP contribution is 2.25. The molecule has 4 rings (SSSR count). The van der Waals surface area contributed by atoms with Crippen LogP contribution >= 0.6 is 0 Å². The molecule has 0 atom stereocenters. The molecule has 1 aromatic carbocycles. The molecule has 3 aromatic rings. The summed E-state index contributed by atoms with van der Waals surface area (Å²) in [6, 6.07) is 12.0. The molecule has 30 heavy (non-hydrogen) atoms. The lowest BCUT2D eigenvalue weighted by atomic mass is 10.1. The smallest absolute Gasteiger partial charge is 0.407 e. The van der Waals surface area contributed by atoms with Gasteiger partial charge in [-0.25, -0.2) is 14.8 Å². The van der Waals surface area contributed by atoms with E-state index in [4.69, 9.17) is 4.74 Å². The highest BCUT2D eigenvalue weighted by molar-refractivity contribution is 5.68. The van der Waals surface area contributed by atoms with Gasteiger partial charge in [0.05, 0.1) is 12.2 Å². The average Bonchev–Trinajstić information content (AvgIpc) is 3.16. The van der Waals surface area contributed by atoms with Crippen LogP contribution in [0.25, 0.3) is 11.1 Å². The maximum atomic E-state index is 11.9. The van der Waals surface area contributed by atoms with Gasteiger partial charge in [0.1, 0.15) is 5.60 Å². The van der Waals surface area contributed by atoms with Gasteiger partial charge in [0.2, 0.25) is 5.95 Å². The monoisotopic (exact) mass is 403 g/mol. The lowest BCUT2D eigenvalue weighted by molar-refractivity contribution is 0.0523. The van der Waals surface area contributed by atoms with Gasteiger partial charge in [0.15, 0.2) is 0 Å². The Balaban J connectivity index is 1.41. The number of ether oxygens (including phenoxy) is 1. The number of rotatable bonds is 4. The minimum Gasteiger partial charge on any atom is -0.444 e. The maximum absolute atomic E-state index is 11.9. The Morgan fingerprint density at radius 3 is 2.60 bits per heavy atom. The molecule has 2 aromatic heterocycles. The van der Waals surface area contributed by atoms with Crippen LogP contribution in [0.2, 0.25) is 0 Å². The number of pyridine rings is 1. The molecule has 3 heterocycles. The zero-order valence-electron chi connectivity index (χ0n) is 17.4. The zero-order valence-corrected chi connectivity index (χ0v) is 17.4. The Morgan fingerprint density at radius 1 is 1.07 bits per heavy atom. The fraction of sp³-hybridized carbons (Fsp3) is 0.304. The van der Waals surface area contributed by atoms with E-state index in [0.717, 1.165) is 35.5 Å². The lowest BCUT2D eigenvalue weighted by Crippen LogP contribution is -2.32. The van der Waals surface area contributed by atoms with Crippen molar-refractivity contribution in [3.63, 3.8) is 0 Å². The second-order valence-electron chi connectivity index (χ2n) is 8.29. The van der Waals surface area contributed by atoms with E-state index in [1.165, 1.54) is 5.56 Å². The molecule has 1 amide bonds. The first-order valence-electron chi connectivity index (χ1n) is 9.93. The quantitative estimate of drug-likeness (QED) is 0.707. The molecule has 0 aliphatic carbocycles. The number of nitrogens with one attached hydrogen (secondary N) is 1. The Morgan fingerprint density at radius 2 is 1.87 bits per heavy atom. The van der Waals surface area contributed by atoms with E-state index in [1.54, 1.807) is 0 Å². The van der Waals surface area contributed by atoms with Gasteiger partial charge in [-0.1, -0.05) is 24.3 Å². The Hall–Kier alpha value is -3.48. The van der Waals surface area contributed by atoms with Crippen LogP contribution in [0.3, 0.4) is 0 Å². The van der Waals surface area contributed by atoms with Crippen molar-refractivity contribution >= 4 is 12.0 Å². The Bertz CT molecular complexity index is 1020. The van der Waals surface area contributed by atoms with Gasteiger partial charge >= 0.3 is 6.09 Å². The molecule has 7 nitrogen and oxygen atoms in total. The molecule has 1 aliphatic heterocycles. The van der Waals surface area contributed by atoms with Gasteiger partial charge in [-0.15, -0.1) is 0 Å². The number of fused-ring (bicyclic) bond motifs is 1. The largest absolute Gasteiger partial charge is 0.444 e. The molecule has 0 unspecified atom stereocenters. The molecule has 154 valence electrons. The summed E-state index contributed by atoms with van der Waals surface area (Å²) in [6.07, 6.45) is 5.05. The number of alkyl carbamates (subject to hydrolysis) is 1. The number of hydrogen-bond acceptors (Lipinski definition) is 6. The van der Waals surface area contributed by atoms with Crippen LogP contribution in [0.15, 0.2) is 55.0 Å². The third-order valence-electron chi connectivity index (χ3n) is 4.70. The van der Waals surface area contributed by atoms with Gasteiger partial charge in [0.25, 0.3) is 0 Å². The van der Waals surface area contributed by atoms with Crippen LogP contribution in [0, 0.1) is 0 Å². The number of nitrogens with zero attached hydrogens (tertiary/aromatic N) is 4. The van der Waals surface area contributed by atoms with Crippen LogP contribution in [0.1, 0.15) is 37.6 Å². The molecule has 0 radical (unpaired) electrons. The predicted octanol–water partition coefficient (Wildman–Crippen LogP) is 4.08. The predicted molar refractivity (Wildman–Crippen MR) is 115 cm³/mol. The Kier molecular flexibility index (Phi) is 5.35. The summed E-state index contributed by atoms with van der Waals surface area (Å²) < 4.78 is 5.28. The molecule has 1 aliphatic rings. The second kappa shape index (κ2) is 8.10. The third-order valence-corrected chi connectivity index (χ3v) is 4.70. The van der Waals surface area contributed by atoms with Crippen molar-refractivity contribution in [2.24, 2.45) is 0 Å². The Labute approximate surface area is 176 Å². The highest BCUT2D eigenvalue weighted by atomic mass is 16.6. The zero-order chi connectivity index (χ0) is 21.1. The number of benzene rings is 1. The van der Waals surface area contributed by atoms with Crippen LogP contribution in [0.5, 0.6) is 0 Å². The van der Waals surface area contributed by atoms with Crippen molar-refractivity contribution in [2.45, 2.75) is 46.0 Å². The number of hydrogen-bond donors (Lipinski definition) is 1. The highest BCUT2D eigenvalue weighted by Gasteiger charge is 2.21. The summed E-state index contributed by atoms with van der Waals surface area (Å²) in [7, 11) is 0. The number of anilines is 1. The summed E-state index contributed by atoms with van der Waals surface area (Å²) in [5.74, 6) is 0.694. The maximum Gasteiger partial charge on any atom is 0.407 e. The molecule has 0 fully saturated rings. The fourth-order valence-corrected chi connectivity index (χ4v) is 3.32. The minimum absolute atomic E-state index is 0.390. The van der Waals surface area contributed by atoms with E-state index in [1.807, 2.05) is 69.7 Å². The topological polar surface area (TPSA) is 80.2 Å². The van der Waals surface area contributed by atoms with Crippen molar-refractivity contribution in [1.82, 2.24) is 20.3 Å². The standard InChI is InChI=1S/C23H25N5O2/c1-23(2,3)30-22(29)27-11-16-6-4-7-17(10-16)19-12-25-21(26-13-19)28-14-18-8-5-9-24-20(18)15-28/h4-10,12-13H,11,14-15H2,1-3H3,(H,27,29). The van der Waals surface area contributed by atoms with E-state index in [-0.39, 0.29) is 0 Å². The molecular weight excluding hydrogens is 378 g/mol. The second-order valence-corrected chi connectivity index (χ2v) is 8.29. The van der Waals surface area contributed by atoms with Crippen molar-refractivity contribution in [3.05, 3.63) is 71.8 Å². The van der Waals surface area contributed by atoms with E-state index in [0.29, 0.717) is 12.5 Å². The number of carbonyl (C=O) groups is 1. The van der Waals surface area contributed by atoms with Crippen molar-refractivity contribution in [3.8, 4) is 11.1 Å². The summed E-state index contributed by atoms with van der Waals surface area (Å²) >= 11 is 0. The van der Waals surface area contributed by atoms with Crippen molar-refractivity contribution in [2.75, 3.05) is 4.90 Å². The summed E-state index contributed by atoms with van der Waals surface area (Å²) in [5, 5.41) is 2.78. The minimum atomic E-state index is -0.516. The van der Waals surface area contributed by atoms with Gasteiger partial charge < -0.3 is 15.0 Å². The third kappa shape index (κ3) is 4.74. The SMILES string of the molecule is CC(C)(C)OC(=O)NCc1cccc(-c2cnc(N3Cc4cccnc4C3)nc2)c1. The first-order valence-corrected chi connectivity index (χ1v) is 9.93. The van der Waals surface area contributed by atoms with Crippen molar-refractivity contribution < 1.29 is 9.53 Å². The van der Waals surface area contributed by atoms with Crippen LogP contribution in [-0.2, 0) is 24.4 Å². The van der Waals surface area contributed by atoms with Crippen LogP contribution in [0.4, 0.5) is 10.7 Å². The van der Waals surface area contributed by atoms with Crippen LogP contribution in [-0.4, -0.2) is 26.6 Å². The van der Waals surface area contributed by atoms with E-state index < -0.39 is 11.7 Å². The lowest BCUT2D eigenvalue weighted by Gasteiger charge is -2.19. The first-order chi connectivity index (χ1) is 14.4. The molecular formula is C23H25N5O2. The molecule has 0 saturated heterocycles. The summed E-state index contributed by atoms with van der Waals surface area (Å²) in [5.41, 5.74) is 4.68. The van der Waals surface area contributed by atoms with Gasteiger partial charge in [-0.3, -0.25) is 4.98 Å². The van der Waals surface area contributed by atoms with E-state index in [2.05, 4.69) is 31.2 Å². The number of aromatic nitrogens is 3. The summed E-state index contributed by atoms with van der Waals surface area (Å²) in [6.45, 7) is 7.41. The van der Waals surface area contributed by atoms with Gasteiger partial charge in [0, 0.05) is 37.2 Å². The molecule has 0 saturated carbocycles. The normalized spacial score (nSPS) is 13.1. The number of amides is 1. The van der Waals surface area contributed by atoms with Gasteiger partial charge in [-0.05, 0) is 49.6 Å². The molecule has 7 heteroatoms. The first kappa shape index (κ1) is 19.8. The van der Waals surface area contributed by atoms with Crippen LogP contribution < -0.4 is 10.2 Å². The fourth-order valence-electron chi connectivity index (χ4n) is 3.32. The van der Waals surface area contributed by atoms with E-state index in [9.17, 15) is 4.79 Å². The summed E-state index contributed by atoms with van der Waals surface area (Å²) in [4.78, 5) is 27.5. The van der Waals surface area contributed by atoms with Gasteiger partial charge in [-0.2, -0.15) is 0 Å². The number of carbonyl (C=O) groups excluding carboxylic acids is 1.